The highest BCUT2D eigenvalue weighted by Crippen LogP contribution is 2.34. The van der Waals surface area contributed by atoms with Gasteiger partial charge in [0.2, 0.25) is 5.91 Å². The van der Waals surface area contributed by atoms with E-state index >= 15 is 0 Å². The maximum atomic E-state index is 12.9. The molecule has 2 aromatic rings. The minimum atomic E-state index is 0.183. The van der Waals surface area contributed by atoms with Crippen LogP contribution in [0, 0.1) is 18.3 Å². The van der Waals surface area contributed by atoms with Gasteiger partial charge in [0.15, 0.2) is 0 Å². The van der Waals surface area contributed by atoms with Crippen molar-refractivity contribution in [2.24, 2.45) is 5.92 Å². The van der Waals surface area contributed by atoms with Gasteiger partial charge in [-0.2, -0.15) is 0 Å². The van der Waals surface area contributed by atoms with Crippen molar-refractivity contribution in [2.75, 3.05) is 32.7 Å². The first kappa shape index (κ1) is 17.5. The number of amides is 1. The van der Waals surface area contributed by atoms with Gasteiger partial charge in [0, 0.05) is 24.9 Å². The van der Waals surface area contributed by atoms with Gasteiger partial charge in [-0.05, 0) is 50.9 Å². The summed E-state index contributed by atoms with van der Waals surface area (Å²) in [6.07, 6.45) is 9.33. The predicted molar refractivity (Wildman–Crippen MR) is 106 cm³/mol. The number of likely N-dealkylation sites (tertiary alicyclic amines) is 2. The lowest BCUT2D eigenvalue weighted by Gasteiger charge is -2.36. The van der Waals surface area contributed by atoms with E-state index in [1.54, 1.807) is 0 Å². The Morgan fingerprint density at radius 2 is 1.88 bits per heavy atom. The van der Waals surface area contributed by atoms with Crippen LogP contribution in [0.15, 0.2) is 24.3 Å². The highest BCUT2D eigenvalue weighted by Gasteiger charge is 2.31. The van der Waals surface area contributed by atoms with E-state index in [4.69, 9.17) is 11.4 Å². The van der Waals surface area contributed by atoms with Gasteiger partial charge in [0.1, 0.15) is 0 Å². The summed E-state index contributed by atoms with van der Waals surface area (Å²) in [4.78, 5) is 22.0. The Morgan fingerprint density at radius 3 is 2.58 bits per heavy atom. The Hall–Kier alpha value is -1.90. The first-order chi connectivity index (χ1) is 12.7. The molecule has 1 aromatic heterocycles. The second kappa shape index (κ2) is 7.77. The maximum Gasteiger partial charge on any atom is 0.225 e. The minimum absolute atomic E-state index is 0.183. The fourth-order valence-electron chi connectivity index (χ4n) is 4.14. The van der Waals surface area contributed by atoms with Crippen molar-refractivity contribution in [3.05, 3.63) is 29.3 Å². The Labute approximate surface area is 159 Å². The number of fused-ring (bicyclic) bond motifs is 1. The Morgan fingerprint density at radius 1 is 1.15 bits per heavy atom. The number of nitrogens with zero attached hydrogens (tertiary/aromatic N) is 3. The van der Waals surface area contributed by atoms with Gasteiger partial charge in [0.25, 0.3) is 0 Å². The molecule has 136 valence electrons. The number of aromatic nitrogens is 1. The second-order valence-electron chi connectivity index (χ2n) is 7.37. The third-order valence-electron chi connectivity index (χ3n) is 5.72. The second-order valence-corrected chi connectivity index (χ2v) is 8.44. The van der Waals surface area contributed by atoms with Crippen LogP contribution in [-0.2, 0) is 4.79 Å². The van der Waals surface area contributed by atoms with E-state index in [2.05, 4.69) is 33.9 Å². The zero-order valence-corrected chi connectivity index (χ0v) is 15.9. The lowest BCUT2D eigenvalue weighted by atomic mass is 9.92. The molecule has 1 aromatic carbocycles. The molecule has 26 heavy (non-hydrogen) atoms. The number of piperidine rings is 2. The quantitative estimate of drug-likeness (QED) is 0.781. The molecule has 2 saturated heterocycles. The molecule has 4 nitrogen and oxygen atoms in total. The van der Waals surface area contributed by atoms with Crippen LogP contribution < -0.4 is 0 Å². The highest BCUT2D eigenvalue weighted by atomic mass is 32.1. The number of carbonyl (C=O) groups excluding carboxylic acids is 1. The van der Waals surface area contributed by atoms with E-state index in [1.165, 1.54) is 9.71 Å². The van der Waals surface area contributed by atoms with Gasteiger partial charge < -0.3 is 4.90 Å². The monoisotopic (exact) mass is 367 g/mol. The molecule has 0 radical (unpaired) electrons. The predicted octanol–water partition coefficient (Wildman–Crippen LogP) is 3.35. The summed E-state index contributed by atoms with van der Waals surface area (Å²) in [6.45, 7) is 4.33. The molecule has 0 unspecified atom stereocenters. The SMILES string of the molecule is C#CCN1CCC(C(=O)N2CCC(c3nc4ccccc4s3)CC2)CC1. The molecule has 1 amide bonds. The zero-order chi connectivity index (χ0) is 17.9. The van der Waals surface area contributed by atoms with Crippen molar-refractivity contribution < 1.29 is 4.79 Å². The van der Waals surface area contributed by atoms with Crippen LogP contribution >= 0.6 is 11.3 Å². The Balaban J connectivity index is 1.32. The van der Waals surface area contributed by atoms with Gasteiger partial charge in [-0.1, -0.05) is 18.1 Å². The highest BCUT2D eigenvalue weighted by molar-refractivity contribution is 7.18. The van der Waals surface area contributed by atoms with Crippen LogP contribution in [0.25, 0.3) is 10.2 Å². The molecular weight excluding hydrogens is 342 g/mol. The molecule has 2 aliphatic heterocycles. The summed E-state index contributed by atoms with van der Waals surface area (Å²) < 4.78 is 1.26. The molecular formula is C21H25N3OS. The molecule has 2 aliphatic rings. The number of benzene rings is 1. The van der Waals surface area contributed by atoms with Crippen molar-refractivity contribution >= 4 is 27.5 Å². The van der Waals surface area contributed by atoms with Crippen molar-refractivity contribution in [3.63, 3.8) is 0 Å². The fourth-order valence-corrected chi connectivity index (χ4v) is 5.27. The minimum Gasteiger partial charge on any atom is -0.342 e. The topological polar surface area (TPSA) is 36.4 Å². The van der Waals surface area contributed by atoms with Crippen molar-refractivity contribution in [1.82, 2.24) is 14.8 Å². The molecule has 3 heterocycles. The molecule has 2 fully saturated rings. The van der Waals surface area contributed by atoms with Crippen LogP contribution in [0.5, 0.6) is 0 Å². The summed E-state index contributed by atoms with van der Waals surface area (Å²) in [5.41, 5.74) is 1.10. The molecule has 0 N–H and O–H groups in total. The third-order valence-corrected chi connectivity index (χ3v) is 6.92. The smallest absolute Gasteiger partial charge is 0.225 e. The first-order valence-electron chi connectivity index (χ1n) is 9.54. The standard InChI is InChI=1S/C21H25N3OS/c1-2-11-23-12-7-17(8-13-23)21(25)24-14-9-16(10-15-24)20-22-18-5-3-4-6-19(18)26-20/h1,3-6,16-17H,7-15H2. The number of rotatable bonds is 3. The summed E-state index contributed by atoms with van der Waals surface area (Å²) in [7, 11) is 0. The van der Waals surface area contributed by atoms with Crippen LogP contribution in [0.1, 0.15) is 36.6 Å². The average molecular weight is 368 g/mol. The van der Waals surface area contributed by atoms with Gasteiger partial charge in [-0.3, -0.25) is 9.69 Å². The van der Waals surface area contributed by atoms with Gasteiger partial charge in [-0.25, -0.2) is 4.98 Å². The van der Waals surface area contributed by atoms with Gasteiger partial charge in [0.05, 0.1) is 21.8 Å². The molecule has 5 heteroatoms. The fraction of sp³-hybridized carbons (Fsp3) is 0.524. The summed E-state index contributed by atoms with van der Waals surface area (Å²) in [5.74, 6) is 3.73. The normalized spacial score (nSPS) is 20.3. The van der Waals surface area contributed by atoms with Gasteiger partial charge >= 0.3 is 0 Å². The number of hydrogen-bond acceptors (Lipinski definition) is 4. The maximum absolute atomic E-state index is 12.9. The molecule has 0 atom stereocenters. The molecule has 0 spiro atoms. The summed E-state index contributed by atoms with van der Waals surface area (Å²) in [6, 6.07) is 8.34. The van der Waals surface area contributed by atoms with Crippen molar-refractivity contribution in [3.8, 4) is 12.3 Å². The number of para-hydroxylation sites is 1. The summed E-state index contributed by atoms with van der Waals surface area (Å²) in [5, 5.41) is 1.24. The number of thiazole rings is 1. The van der Waals surface area contributed by atoms with Crippen LogP contribution in [-0.4, -0.2) is 53.4 Å². The van der Waals surface area contributed by atoms with E-state index in [-0.39, 0.29) is 5.92 Å². The van der Waals surface area contributed by atoms with Gasteiger partial charge in [-0.15, -0.1) is 17.8 Å². The van der Waals surface area contributed by atoms with E-state index in [1.807, 2.05) is 17.4 Å². The van der Waals surface area contributed by atoms with Crippen LogP contribution in [0.4, 0.5) is 0 Å². The largest absolute Gasteiger partial charge is 0.342 e. The molecule has 0 aliphatic carbocycles. The van der Waals surface area contributed by atoms with Crippen LogP contribution in [0.2, 0.25) is 0 Å². The zero-order valence-electron chi connectivity index (χ0n) is 15.1. The lowest BCUT2D eigenvalue weighted by molar-refractivity contribution is -0.138. The Kier molecular flexibility index (Phi) is 5.23. The van der Waals surface area contributed by atoms with E-state index in [0.717, 1.165) is 57.4 Å². The van der Waals surface area contributed by atoms with Crippen LogP contribution in [0.3, 0.4) is 0 Å². The molecule has 0 bridgehead atoms. The number of terminal acetylenes is 1. The molecule has 4 rings (SSSR count). The van der Waals surface area contributed by atoms with Crippen molar-refractivity contribution in [1.29, 1.82) is 0 Å². The van der Waals surface area contributed by atoms with E-state index < -0.39 is 0 Å². The first-order valence-corrected chi connectivity index (χ1v) is 10.4. The average Bonchev–Trinajstić information content (AvgIpc) is 3.13. The number of carbonyl (C=O) groups is 1. The van der Waals surface area contributed by atoms with E-state index in [9.17, 15) is 4.79 Å². The lowest BCUT2D eigenvalue weighted by Crippen LogP contribution is -2.45. The van der Waals surface area contributed by atoms with E-state index in [0.29, 0.717) is 18.4 Å². The number of hydrogen-bond donors (Lipinski definition) is 0. The Bertz CT molecular complexity index is 775. The summed E-state index contributed by atoms with van der Waals surface area (Å²) >= 11 is 1.81. The molecule has 0 saturated carbocycles. The third kappa shape index (κ3) is 3.62. The van der Waals surface area contributed by atoms with Crippen molar-refractivity contribution in [2.45, 2.75) is 31.6 Å².